The summed E-state index contributed by atoms with van der Waals surface area (Å²) in [5.74, 6) is -0.520. The van der Waals surface area contributed by atoms with Crippen molar-refractivity contribution in [2.24, 2.45) is 11.7 Å². The zero-order chi connectivity index (χ0) is 14.0. The van der Waals surface area contributed by atoms with Crippen LogP contribution in [0.1, 0.15) is 46.5 Å². The fourth-order valence-corrected chi connectivity index (χ4v) is 1.15. The highest BCUT2D eigenvalue weighted by atomic mass is 16.5. The minimum Gasteiger partial charge on any atom is -0.466 e. The van der Waals surface area contributed by atoms with Gasteiger partial charge in [-0.3, -0.25) is 9.59 Å². The first-order valence-electron chi connectivity index (χ1n) is 6.55. The molecular formula is C13H25NO4. The molecule has 0 rings (SSSR count). The van der Waals surface area contributed by atoms with E-state index in [1.54, 1.807) is 0 Å². The van der Waals surface area contributed by atoms with Crippen LogP contribution in [0.25, 0.3) is 0 Å². The van der Waals surface area contributed by atoms with E-state index in [-0.39, 0.29) is 6.42 Å². The summed E-state index contributed by atoms with van der Waals surface area (Å²) in [7, 11) is 0. The van der Waals surface area contributed by atoms with Crippen LogP contribution in [0.5, 0.6) is 0 Å². The number of hydrogen-bond acceptors (Lipinski definition) is 5. The third-order valence-electron chi connectivity index (χ3n) is 2.39. The van der Waals surface area contributed by atoms with E-state index in [1.165, 1.54) is 0 Å². The van der Waals surface area contributed by atoms with Crippen LogP contribution in [-0.2, 0) is 19.1 Å². The highest BCUT2D eigenvalue weighted by Gasteiger charge is 2.19. The van der Waals surface area contributed by atoms with E-state index >= 15 is 0 Å². The molecule has 0 unspecified atom stereocenters. The Balaban J connectivity index is 3.75. The van der Waals surface area contributed by atoms with Crippen LogP contribution < -0.4 is 5.73 Å². The minimum atomic E-state index is -0.925. The maximum absolute atomic E-state index is 11.4. The molecule has 106 valence electrons. The summed E-state index contributed by atoms with van der Waals surface area (Å²) in [4.78, 5) is 22.7. The van der Waals surface area contributed by atoms with E-state index in [0.29, 0.717) is 19.1 Å². The molecule has 0 spiro atoms. The second kappa shape index (κ2) is 9.88. The number of carbonyl (C=O) groups excluding carboxylic acids is 2. The van der Waals surface area contributed by atoms with Crippen molar-refractivity contribution >= 4 is 11.9 Å². The molecule has 0 saturated carbocycles. The van der Waals surface area contributed by atoms with Gasteiger partial charge < -0.3 is 15.2 Å². The van der Waals surface area contributed by atoms with Crippen LogP contribution in [0.2, 0.25) is 0 Å². The summed E-state index contributed by atoms with van der Waals surface area (Å²) in [6.45, 7) is 6.81. The first-order chi connectivity index (χ1) is 8.47. The lowest BCUT2D eigenvalue weighted by atomic mass is 10.1. The van der Waals surface area contributed by atoms with Gasteiger partial charge in [0.2, 0.25) is 0 Å². The molecule has 5 heteroatoms. The number of esters is 2. The smallest absolute Gasteiger partial charge is 0.323 e. The van der Waals surface area contributed by atoms with Gasteiger partial charge in [-0.15, -0.1) is 0 Å². The van der Waals surface area contributed by atoms with E-state index in [2.05, 4.69) is 0 Å². The zero-order valence-electron chi connectivity index (χ0n) is 11.6. The number of hydrogen-bond donors (Lipinski definition) is 1. The van der Waals surface area contributed by atoms with Crippen molar-refractivity contribution in [3.8, 4) is 0 Å². The number of unbranched alkanes of at least 4 members (excludes halogenated alkanes) is 1. The van der Waals surface area contributed by atoms with Gasteiger partial charge in [0.25, 0.3) is 0 Å². The number of carbonyl (C=O) groups is 2. The normalized spacial score (nSPS) is 12.3. The van der Waals surface area contributed by atoms with E-state index in [9.17, 15) is 9.59 Å². The van der Waals surface area contributed by atoms with E-state index in [1.807, 2.05) is 20.8 Å². The minimum absolute atomic E-state index is 0.121. The quantitative estimate of drug-likeness (QED) is 0.503. The van der Waals surface area contributed by atoms with E-state index < -0.39 is 18.0 Å². The van der Waals surface area contributed by atoms with Crippen molar-refractivity contribution < 1.29 is 19.1 Å². The van der Waals surface area contributed by atoms with Crippen molar-refractivity contribution in [2.45, 2.75) is 52.5 Å². The van der Waals surface area contributed by atoms with E-state index in [4.69, 9.17) is 15.2 Å². The molecule has 5 nitrogen and oxygen atoms in total. The van der Waals surface area contributed by atoms with Gasteiger partial charge in [0.15, 0.2) is 0 Å². The highest BCUT2D eigenvalue weighted by molar-refractivity contribution is 5.82. The van der Waals surface area contributed by atoms with Crippen LogP contribution in [-0.4, -0.2) is 31.2 Å². The second-order valence-electron chi connectivity index (χ2n) is 4.73. The molecule has 0 aromatic heterocycles. The summed E-state index contributed by atoms with van der Waals surface area (Å²) in [6.07, 6.45) is 2.44. The standard InChI is InChI=1S/C13H25NO4/c1-4-5-7-17-12(15)9-11(14)13(16)18-8-6-10(2)3/h10-11H,4-9,14H2,1-3H3/t11-/m0/s1. The summed E-state index contributed by atoms with van der Waals surface area (Å²) in [6, 6.07) is -0.925. The number of rotatable bonds is 9. The lowest BCUT2D eigenvalue weighted by Crippen LogP contribution is -2.35. The molecule has 0 radical (unpaired) electrons. The molecule has 0 bridgehead atoms. The van der Waals surface area contributed by atoms with Crippen LogP contribution in [0, 0.1) is 5.92 Å². The first-order valence-corrected chi connectivity index (χ1v) is 6.55. The van der Waals surface area contributed by atoms with Crippen molar-refractivity contribution in [1.82, 2.24) is 0 Å². The van der Waals surface area contributed by atoms with Gasteiger partial charge in [-0.2, -0.15) is 0 Å². The van der Waals surface area contributed by atoms with Crippen LogP contribution in [0.4, 0.5) is 0 Å². The van der Waals surface area contributed by atoms with Gasteiger partial charge in [-0.25, -0.2) is 0 Å². The predicted octanol–water partition coefficient (Wildman–Crippen LogP) is 1.64. The molecule has 0 saturated heterocycles. The first kappa shape index (κ1) is 16.9. The summed E-state index contributed by atoms with van der Waals surface area (Å²) in [5.41, 5.74) is 5.56. The predicted molar refractivity (Wildman–Crippen MR) is 68.9 cm³/mol. The SMILES string of the molecule is CCCCOC(=O)C[C@H](N)C(=O)OCCC(C)C. The topological polar surface area (TPSA) is 78.6 Å². The Hall–Kier alpha value is -1.10. The molecule has 1 atom stereocenters. The maximum Gasteiger partial charge on any atom is 0.323 e. The molecule has 0 aliphatic carbocycles. The lowest BCUT2D eigenvalue weighted by Gasteiger charge is -2.12. The molecule has 18 heavy (non-hydrogen) atoms. The average Bonchev–Trinajstić information content (AvgIpc) is 2.28. The van der Waals surface area contributed by atoms with Crippen molar-refractivity contribution in [3.63, 3.8) is 0 Å². The van der Waals surface area contributed by atoms with E-state index in [0.717, 1.165) is 19.3 Å². The molecule has 0 aromatic rings. The lowest BCUT2D eigenvalue weighted by molar-refractivity contribution is -0.152. The fourth-order valence-electron chi connectivity index (χ4n) is 1.15. The van der Waals surface area contributed by atoms with Crippen molar-refractivity contribution in [1.29, 1.82) is 0 Å². The van der Waals surface area contributed by atoms with Gasteiger partial charge in [0.05, 0.1) is 19.6 Å². The summed E-state index contributed by atoms with van der Waals surface area (Å²) >= 11 is 0. The molecule has 2 N–H and O–H groups in total. The molecule has 0 fully saturated rings. The molecule has 0 aliphatic rings. The molecule has 0 aromatic carbocycles. The van der Waals surface area contributed by atoms with Crippen LogP contribution >= 0.6 is 0 Å². The molecule has 0 aliphatic heterocycles. The van der Waals surface area contributed by atoms with Gasteiger partial charge in [0.1, 0.15) is 6.04 Å². The Morgan fingerprint density at radius 3 is 2.39 bits per heavy atom. The summed E-state index contributed by atoms with van der Waals surface area (Å²) < 4.78 is 9.89. The molecule has 0 heterocycles. The molecular weight excluding hydrogens is 234 g/mol. The van der Waals surface area contributed by atoms with Crippen LogP contribution in [0.15, 0.2) is 0 Å². The van der Waals surface area contributed by atoms with Gasteiger partial charge in [0, 0.05) is 0 Å². The third kappa shape index (κ3) is 8.98. The fraction of sp³-hybridized carbons (Fsp3) is 0.846. The zero-order valence-corrected chi connectivity index (χ0v) is 11.6. The monoisotopic (exact) mass is 259 g/mol. The second-order valence-corrected chi connectivity index (χ2v) is 4.73. The Morgan fingerprint density at radius 2 is 1.83 bits per heavy atom. The van der Waals surface area contributed by atoms with Crippen molar-refractivity contribution in [3.05, 3.63) is 0 Å². The third-order valence-corrected chi connectivity index (χ3v) is 2.39. The van der Waals surface area contributed by atoms with Gasteiger partial charge in [-0.1, -0.05) is 27.2 Å². The van der Waals surface area contributed by atoms with Crippen molar-refractivity contribution in [2.75, 3.05) is 13.2 Å². The largest absolute Gasteiger partial charge is 0.466 e. The Bertz CT molecular complexity index is 253. The Labute approximate surface area is 109 Å². The van der Waals surface area contributed by atoms with Gasteiger partial charge in [-0.05, 0) is 18.8 Å². The molecule has 0 amide bonds. The van der Waals surface area contributed by atoms with Gasteiger partial charge >= 0.3 is 11.9 Å². The highest BCUT2D eigenvalue weighted by Crippen LogP contribution is 2.02. The summed E-state index contributed by atoms with van der Waals surface area (Å²) in [5, 5.41) is 0. The Morgan fingerprint density at radius 1 is 1.17 bits per heavy atom. The maximum atomic E-state index is 11.4. The average molecular weight is 259 g/mol. The number of ether oxygens (including phenoxy) is 2. The Kier molecular flexibility index (Phi) is 9.28. The number of nitrogens with two attached hydrogens (primary N) is 1. The van der Waals surface area contributed by atoms with Crippen LogP contribution in [0.3, 0.4) is 0 Å².